The number of nitriles is 1. The summed E-state index contributed by atoms with van der Waals surface area (Å²) in [6.45, 7) is 3.14. The van der Waals surface area contributed by atoms with E-state index in [0.717, 1.165) is 33.6 Å². The Bertz CT molecular complexity index is 1190. The van der Waals surface area contributed by atoms with Gasteiger partial charge in [-0.1, -0.05) is 12.1 Å². The molecule has 1 atom stereocenters. The third-order valence-electron chi connectivity index (χ3n) is 5.07. The topological polar surface area (TPSA) is 95.3 Å². The Hall–Kier alpha value is -3.06. The van der Waals surface area contributed by atoms with Gasteiger partial charge in [-0.15, -0.1) is 11.3 Å². The number of aryl methyl sites for hydroxylation is 3. The SMILES string of the molecule is Cc1cccc2nc(CCc3nc(-c4cccs4)cn3C[C@@H](O)CN(C)CC#N)nn12. The second-order valence-corrected chi connectivity index (χ2v) is 8.59. The Morgan fingerprint density at radius 2 is 2.10 bits per heavy atom. The molecular formula is C22H25N7OS. The number of hydrogen-bond acceptors (Lipinski definition) is 7. The van der Waals surface area contributed by atoms with E-state index in [2.05, 4.69) is 16.2 Å². The zero-order chi connectivity index (χ0) is 21.8. The number of thiophene rings is 1. The Morgan fingerprint density at radius 3 is 2.84 bits per heavy atom. The van der Waals surface area contributed by atoms with E-state index in [-0.39, 0.29) is 6.54 Å². The normalized spacial score (nSPS) is 12.5. The number of fused-ring (bicyclic) bond motifs is 1. The van der Waals surface area contributed by atoms with Crippen LogP contribution in [-0.4, -0.2) is 60.4 Å². The molecule has 0 unspecified atom stereocenters. The second-order valence-electron chi connectivity index (χ2n) is 7.65. The first kappa shape index (κ1) is 21.2. The van der Waals surface area contributed by atoms with Crippen LogP contribution in [0.15, 0.2) is 41.9 Å². The molecule has 31 heavy (non-hydrogen) atoms. The average Bonchev–Trinajstić information content (AvgIpc) is 3.46. The maximum atomic E-state index is 10.5. The Morgan fingerprint density at radius 1 is 1.23 bits per heavy atom. The summed E-state index contributed by atoms with van der Waals surface area (Å²) in [6, 6.07) is 12.1. The van der Waals surface area contributed by atoms with Crippen LogP contribution in [0, 0.1) is 18.3 Å². The molecule has 0 radical (unpaired) electrons. The standard InChI is InChI=1S/C22H25N7OS/c1-16-5-3-7-22-25-20(26-29(16)22)8-9-21-24-18(19-6-4-12-31-19)15-28(21)14-17(30)13-27(2)11-10-23/h3-7,12,15,17,30H,8-9,11,13-14H2,1-2H3/t17-/m0/s1. The fourth-order valence-electron chi connectivity index (χ4n) is 3.59. The summed E-state index contributed by atoms with van der Waals surface area (Å²) in [7, 11) is 1.83. The largest absolute Gasteiger partial charge is 0.390 e. The molecule has 0 amide bonds. The molecule has 0 saturated heterocycles. The van der Waals surface area contributed by atoms with Gasteiger partial charge in [0, 0.05) is 31.3 Å². The van der Waals surface area contributed by atoms with Gasteiger partial charge in [-0.05, 0) is 37.6 Å². The molecule has 0 aliphatic carbocycles. The number of imidazole rings is 1. The fraction of sp³-hybridized carbons (Fsp3) is 0.364. The van der Waals surface area contributed by atoms with Crippen molar-refractivity contribution in [1.29, 1.82) is 5.26 Å². The summed E-state index contributed by atoms with van der Waals surface area (Å²) >= 11 is 1.64. The quantitative estimate of drug-likeness (QED) is 0.406. The first-order valence-electron chi connectivity index (χ1n) is 10.2. The molecule has 0 spiro atoms. The van der Waals surface area contributed by atoms with Crippen LogP contribution in [0.3, 0.4) is 0 Å². The van der Waals surface area contributed by atoms with Crippen LogP contribution in [0.2, 0.25) is 0 Å². The lowest BCUT2D eigenvalue weighted by Gasteiger charge is -2.19. The summed E-state index contributed by atoms with van der Waals surface area (Å²) in [5.41, 5.74) is 2.79. The van der Waals surface area contributed by atoms with Gasteiger partial charge in [-0.3, -0.25) is 4.90 Å². The molecule has 0 bridgehead atoms. The van der Waals surface area contributed by atoms with Crippen LogP contribution >= 0.6 is 11.3 Å². The fourth-order valence-corrected chi connectivity index (χ4v) is 4.27. The first-order valence-corrected chi connectivity index (χ1v) is 11.1. The van der Waals surface area contributed by atoms with Crippen LogP contribution in [0.5, 0.6) is 0 Å². The number of aromatic nitrogens is 5. The highest BCUT2D eigenvalue weighted by Crippen LogP contribution is 2.24. The highest BCUT2D eigenvalue weighted by molar-refractivity contribution is 7.13. The van der Waals surface area contributed by atoms with Crippen LogP contribution in [-0.2, 0) is 19.4 Å². The lowest BCUT2D eigenvalue weighted by molar-refractivity contribution is 0.114. The van der Waals surface area contributed by atoms with Gasteiger partial charge >= 0.3 is 0 Å². The van der Waals surface area contributed by atoms with E-state index >= 15 is 0 Å². The molecule has 4 rings (SSSR count). The van der Waals surface area contributed by atoms with Crippen molar-refractivity contribution in [3.05, 3.63) is 59.3 Å². The first-order chi connectivity index (χ1) is 15.0. The Kier molecular flexibility index (Phi) is 6.42. The lowest BCUT2D eigenvalue weighted by Crippen LogP contribution is -2.32. The molecule has 4 aromatic rings. The van der Waals surface area contributed by atoms with E-state index in [1.165, 1.54) is 0 Å². The van der Waals surface area contributed by atoms with Crippen molar-refractivity contribution in [3.8, 4) is 16.6 Å². The molecule has 0 aliphatic heterocycles. The van der Waals surface area contributed by atoms with E-state index in [0.29, 0.717) is 25.9 Å². The maximum Gasteiger partial charge on any atom is 0.155 e. The molecule has 4 aromatic heterocycles. The third kappa shape index (κ3) is 4.99. The van der Waals surface area contributed by atoms with Crippen molar-refractivity contribution in [3.63, 3.8) is 0 Å². The predicted molar refractivity (Wildman–Crippen MR) is 120 cm³/mol. The molecule has 8 nitrogen and oxygen atoms in total. The highest BCUT2D eigenvalue weighted by atomic mass is 32.1. The molecule has 0 aliphatic rings. The van der Waals surface area contributed by atoms with Gasteiger partial charge in [0.1, 0.15) is 5.82 Å². The summed E-state index contributed by atoms with van der Waals surface area (Å²) in [6.07, 6.45) is 2.73. The van der Waals surface area contributed by atoms with Crippen LogP contribution < -0.4 is 0 Å². The number of aliphatic hydroxyl groups excluding tert-OH is 1. The van der Waals surface area contributed by atoms with E-state index in [4.69, 9.17) is 10.2 Å². The molecule has 4 heterocycles. The second kappa shape index (κ2) is 9.39. The number of nitrogens with zero attached hydrogens (tertiary/aromatic N) is 7. The molecule has 9 heteroatoms. The van der Waals surface area contributed by atoms with E-state index in [9.17, 15) is 5.11 Å². The monoisotopic (exact) mass is 435 g/mol. The zero-order valence-electron chi connectivity index (χ0n) is 17.6. The molecular weight excluding hydrogens is 410 g/mol. The number of rotatable bonds is 9. The average molecular weight is 436 g/mol. The maximum absolute atomic E-state index is 10.5. The van der Waals surface area contributed by atoms with Gasteiger partial charge in [0.2, 0.25) is 0 Å². The highest BCUT2D eigenvalue weighted by Gasteiger charge is 2.16. The Labute approximate surface area is 185 Å². The van der Waals surface area contributed by atoms with Crippen LogP contribution in [0.4, 0.5) is 0 Å². The molecule has 0 saturated carbocycles. The Balaban J connectivity index is 1.53. The predicted octanol–water partition coefficient (Wildman–Crippen LogP) is 2.56. The van der Waals surface area contributed by atoms with Gasteiger partial charge in [-0.25, -0.2) is 14.5 Å². The van der Waals surface area contributed by atoms with Crippen molar-refractivity contribution in [1.82, 2.24) is 29.0 Å². The minimum atomic E-state index is -0.599. The van der Waals surface area contributed by atoms with Crippen molar-refractivity contribution in [2.24, 2.45) is 0 Å². The zero-order valence-corrected chi connectivity index (χ0v) is 18.5. The van der Waals surface area contributed by atoms with Gasteiger partial charge in [0.25, 0.3) is 0 Å². The lowest BCUT2D eigenvalue weighted by atomic mass is 10.2. The minimum absolute atomic E-state index is 0.285. The van der Waals surface area contributed by atoms with Crippen molar-refractivity contribution in [2.75, 3.05) is 20.1 Å². The summed E-state index contributed by atoms with van der Waals surface area (Å²) < 4.78 is 3.87. The summed E-state index contributed by atoms with van der Waals surface area (Å²) in [5, 5.41) is 26.0. The van der Waals surface area contributed by atoms with E-state index in [1.807, 2.05) is 69.9 Å². The number of aliphatic hydroxyl groups is 1. The molecule has 0 aromatic carbocycles. The summed E-state index contributed by atoms with van der Waals surface area (Å²) in [4.78, 5) is 12.4. The van der Waals surface area contributed by atoms with E-state index < -0.39 is 6.10 Å². The smallest absolute Gasteiger partial charge is 0.155 e. The van der Waals surface area contributed by atoms with Crippen molar-refractivity contribution in [2.45, 2.75) is 32.4 Å². The van der Waals surface area contributed by atoms with Gasteiger partial charge in [-0.2, -0.15) is 10.4 Å². The molecule has 0 fully saturated rings. The van der Waals surface area contributed by atoms with Crippen molar-refractivity contribution < 1.29 is 5.11 Å². The molecule has 1 N–H and O–H groups in total. The third-order valence-corrected chi connectivity index (χ3v) is 5.96. The van der Waals surface area contributed by atoms with Gasteiger partial charge < -0.3 is 9.67 Å². The van der Waals surface area contributed by atoms with Gasteiger partial charge in [0.15, 0.2) is 11.5 Å². The van der Waals surface area contributed by atoms with Gasteiger partial charge in [0.05, 0.1) is 35.8 Å². The van der Waals surface area contributed by atoms with Crippen LogP contribution in [0.1, 0.15) is 17.3 Å². The molecule has 160 valence electrons. The number of pyridine rings is 1. The van der Waals surface area contributed by atoms with E-state index in [1.54, 1.807) is 11.3 Å². The van der Waals surface area contributed by atoms with Crippen molar-refractivity contribution >= 4 is 17.0 Å². The van der Waals surface area contributed by atoms with Crippen LogP contribution in [0.25, 0.3) is 16.2 Å². The number of hydrogen-bond donors (Lipinski definition) is 1. The minimum Gasteiger partial charge on any atom is -0.390 e. The summed E-state index contributed by atoms with van der Waals surface area (Å²) in [5.74, 6) is 1.66. The number of likely N-dealkylation sites (N-methyl/N-ethyl adjacent to an activating group) is 1.